The Bertz CT molecular complexity index is 3370. The maximum absolute atomic E-state index is 2.46. The summed E-state index contributed by atoms with van der Waals surface area (Å²) < 4.78 is 2.44. The smallest absolute Gasteiger partial charge is 0.0541 e. The van der Waals surface area contributed by atoms with Crippen molar-refractivity contribution in [1.82, 2.24) is 4.57 Å². The highest BCUT2D eigenvalue weighted by molar-refractivity contribution is 6.15. The molecule has 59 heavy (non-hydrogen) atoms. The van der Waals surface area contributed by atoms with E-state index in [1.165, 1.54) is 82.3 Å². The Kier molecular flexibility index (Phi) is 7.64. The number of anilines is 3. The molecule has 0 radical (unpaired) electrons. The molecule has 1 heterocycles. The Hall–Kier alpha value is -7.68. The summed E-state index contributed by atoms with van der Waals surface area (Å²) in [4.78, 5) is 2.46. The van der Waals surface area contributed by atoms with E-state index in [1.54, 1.807) is 0 Å². The molecule has 11 aromatic rings. The average Bonchev–Trinajstić information content (AvgIpc) is 3.85. The normalized spacial score (nSPS) is 12.0. The minimum absolute atomic E-state index is 0.933. The SMILES string of the molecule is c1ccc(N(c2ccc3c(c2)Cc2ccccc2-3)c2ccc(-c3ccccc3-n3c4ccccc4c4ccccc43)cc2-c2cc3ccccc3c3ccccc23)cc1. The van der Waals surface area contributed by atoms with Crippen molar-refractivity contribution in [2.45, 2.75) is 6.42 Å². The molecular formula is C57H38N2. The molecule has 0 fully saturated rings. The average molecular weight is 751 g/mol. The van der Waals surface area contributed by atoms with Gasteiger partial charge in [0.25, 0.3) is 0 Å². The van der Waals surface area contributed by atoms with Crippen LogP contribution in [0.25, 0.3) is 82.4 Å². The van der Waals surface area contributed by atoms with Crippen LogP contribution in [-0.2, 0) is 6.42 Å². The monoisotopic (exact) mass is 750 g/mol. The fourth-order valence-corrected chi connectivity index (χ4v) is 9.76. The number of rotatable bonds is 6. The molecule has 0 atom stereocenters. The van der Waals surface area contributed by atoms with E-state index >= 15 is 0 Å². The largest absolute Gasteiger partial charge is 0.310 e. The molecule has 0 amide bonds. The molecule has 1 aliphatic carbocycles. The predicted octanol–water partition coefficient (Wildman–Crippen LogP) is 15.5. The first-order chi connectivity index (χ1) is 29.3. The fourth-order valence-electron chi connectivity index (χ4n) is 9.76. The van der Waals surface area contributed by atoms with Gasteiger partial charge in [-0.3, -0.25) is 0 Å². The highest BCUT2D eigenvalue weighted by Gasteiger charge is 2.24. The maximum Gasteiger partial charge on any atom is 0.0541 e. The predicted molar refractivity (Wildman–Crippen MR) is 250 cm³/mol. The van der Waals surface area contributed by atoms with Crippen LogP contribution in [0.1, 0.15) is 11.1 Å². The Morgan fingerprint density at radius 1 is 0.339 bits per heavy atom. The van der Waals surface area contributed by atoms with E-state index < -0.39 is 0 Å². The van der Waals surface area contributed by atoms with Gasteiger partial charge in [-0.2, -0.15) is 0 Å². The molecule has 0 saturated heterocycles. The van der Waals surface area contributed by atoms with E-state index in [1.807, 2.05) is 0 Å². The van der Waals surface area contributed by atoms with Gasteiger partial charge >= 0.3 is 0 Å². The number of nitrogens with zero attached hydrogens (tertiary/aromatic N) is 2. The Morgan fingerprint density at radius 2 is 0.949 bits per heavy atom. The maximum atomic E-state index is 2.46. The minimum Gasteiger partial charge on any atom is -0.310 e. The second kappa shape index (κ2) is 13.5. The van der Waals surface area contributed by atoms with Gasteiger partial charge < -0.3 is 9.47 Å². The third-order valence-corrected chi connectivity index (χ3v) is 12.4. The molecule has 0 aliphatic heterocycles. The summed E-state index contributed by atoms with van der Waals surface area (Å²) in [5.74, 6) is 0. The van der Waals surface area contributed by atoms with Crippen molar-refractivity contribution in [3.63, 3.8) is 0 Å². The van der Waals surface area contributed by atoms with E-state index in [4.69, 9.17) is 0 Å². The topological polar surface area (TPSA) is 8.17 Å². The van der Waals surface area contributed by atoms with Gasteiger partial charge in [-0.05, 0) is 122 Å². The zero-order chi connectivity index (χ0) is 38.9. The van der Waals surface area contributed by atoms with Crippen molar-refractivity contribution in [3.8, 4) is 39.1 Å². The first-order valence-electron chi connectivity index (χ1n) is 20.5. The van der Waals surface area contributed by atoms with E-state index in [-0.39, 0.29) is 0 Å². The fraction of sp³-hybridized carbons (Fsp3) is 0.0175. The molecule has 0 saturated carbocycles. The van der Waals surface area contributed by atoms with Crippen LogP contribution < -0.4 is 4.90 Å². The number of benzene rings is 10. The highest BCUT2D eigenvalue weighted by atomic mass is 15.1. The quantitative estimate of drug-likeness (QED) is 0.154. The second-order valence-electron chi connectivity index (χ2n) is 15.7. The van der Waals surface area contributed by atoms with Crippen molar-refractivity contribution in [1.29, 1.82) is 0 Å². The molecule has 2 heteroatoms. The number of hydrogen-bond acceptors (Lipinski definition) is 1. The lowest BCUT2D eigenvalue weighted by molar-refractivity contribution is 1.18. The van der Waals surface area contributed by atoms with Gasteiger partial charge in [0.1, 0.15) is 0 Å². The summed E-state index contributed by atoms with van der Waals surface area (Å²) in [7, 11) is 0. The lowest BCUT2D eigenvalue weighted by Crippen LogP contribution is -2.12. The zero-order valence-electron chi connectivity index (χ0n) is 32.4. The van der Waals surface area contributed by atoms with Crippen LogP contribution in [0.15, 0.2) is 218 Å². The Balaban J connectivity index is 1.14. The van der Waals surface area contributed by atoms with E-state index in [0.717, 1.165) is 34.7 Å². The van der Waals surface area contributed by atoms with Crippen molar-refractivity contribution >= 4 is 60.4 Å². The summed E-state index contributed by atoms with van der Waals surface area (Å²) in [5.41, 5.74) is 17.1. The van der Waals surface area contributed by atoms with Crippen LogP contribution in [-0.4, -0.2) is 4.57 Å². The molecule has 0 unspecified atom stereocenters. The molecule has 1 aliphatic rings. The summed E-state index contributed by atoms with van der Waals surface area (Å²) in [5, 5.41) is 7.49. The van der Waals surface area contributed by atoms with E-state index in [0.29, 0.717) is 0 Å². The van der Waals surface area contributed by atoms with Crippen LogP contribution in [0.2, 0.25) is 0 Å². The number of fused-ring (bicyclic) bond motifs is 9. The summed E-state index contributed by atoms with van der Waals surface area (Å²) in [6.45, 7) is 0. The lowest BCUT2D eigenvalue weighted by Gasteiger charge is -2.29. The van der Waals surface area contributed by atoms with Gasteiger partial charge in [-0.25, -0.2) is 0 Å². The van der Waals surface area contributed by atoms with Crippen LogP contribution in [0.4, 0.5) is 17.1 Å². The van der Waals surface area contributed by atoms with E-state index in [9.17, 15) is 0 Å². The van der Waals surface area contributed by atoms with Crippen LogP contribution in [0, 0.1) is 0 Å². The third kappa shape index (κ3) is 5.34. The van der Waals surface area contributed by atoms with Gasteiger partial charge in [0.2, 0.25) is 0 Å². The summed E-state index contributed by atoms with van der Waals surface area (Å²) in [6, 6.07) is 80.4. The molecule has 10 aromatic carbocycles. The zero-order valence-corrected chi connectivity index (χ0v) is 32.4. The van der Waals surface area contributed by atoms with Gasteiger partial charge in [0.15, 0.2) is 0 Å². The van der Waals surface area contributed by atoms with Gasteiger partial charge in [-0.1, -0.05) is 158 Å². The van der Waals surface area contributed by atoms with Crippen molar-refractivity contribution in [3.05, 3.63) is 230 Å². The van der Waals surface area contributed by atoms with Crippen molar-refractivity contribution in [2.24, 2.45) is 0 Å². The van der Waals surface area contributed by atoms with Crippen LogP contribution in [0.3, 0.4) is 0 Å². The first-order valence-corrected chi connectivity index (χ1v) is 20.5. The van der Waals surface area contributed by atoms with Gasteiger partial charge in [-0.15, -0.1) is 0 Å². The number of para-hydroxylation sites is 4. The standard InChI is InChI=1S/C57H38N2/c1-2-18-42(19-3-1)58(43-31-32-46-41(35-43)34-38-16-4-6-20-44(38)46)57-33-30-40(37-53(57)52-36-39-17-5-7-21-45(39)48-23-8-9-24-49(48)52)47-22-10-13-27-54(47)59-55-28-14-11-25-50(55)51-26-12-15-29-56(51)59/h1-33,35-37H,34H2. The Morgan fingerprint density at radius 3 is 1.75 bits per heavy atom. The van der Waals surface area contributed by atoms with Crippen molar-refractivity contribution < 1.29 is 0 Å². The summed E-state index contributed by atoms with van der Waals surface area (Å²) in [6.07, 6.45) is 0.933. The molecule has 0 spiro atoms. The third-order valence-electron chi connectivity index (χ3n) is 12.4. The van der Waals surface area contributed by atoms with Crippen LogP contribution >= 0.6 is 0 Å². The second-order valence-corrected chi connectivity index (χ2v) is 15.7. The molecule has 1 aromatic heterocycles. The minimum atomic E-state index is 0.933. The molecule has 0 N–H and O–H groups in total. The van der Waals surface area contributed by atoms with Gasteiger partial charge in [0, 0.05) is 33.3 Å². The molecule has 2 nitrogen and oxygen atoms in total. The molecular weight excluding hydrogens is 713 g/mol. The molecule has 0 bridgehead atoms. The van der Waals surface area contributed by atoms with Crippen molar-refractivity contribution in [2.75, 3.05) is 4.90 Å². The van der Waals surface area contributed by atoms with E-state index in [2.05, 4.69) is 228 Å². The highest BCUT2D eigenvalue weighted by Crippen LogP contribution is 2.48. The number of hydrogen-bond donors (Lipinski definition) is 0. The summed E-state index contributed by atoms with van der Waals surface area (Å²) >= 11 is 0. The first kappa shape index (κ1) is 33.5. The van der Waals surface area contributed by atoms with Crippen LogP contribution in [0.5, 0.6) is 0 Å². The Labute approximate surface area is 343 Å². The lowest BCUT2D eigenvalue weighted by atomic mass is 9.90. The molecule has 276 valence electrons. The van der Waals surface area contributed by atoms with Gasteiger partial charge in [0.05, 0.1) is 22.4 Å². The number of aromatic nitrogens is 1. The molecule has 12 rings (SSSR count).